The van der Waals surface area contributed by atoms with Gasteiger partial charge < -0.3 is 15.8 Å². The third-order valence-electron chi connectivity index (χ3n) is 6.47. The number of nitrogens with zero attached hydrogens (tertiary/aromatic N) is 2. The average Bonchev–Trinajstić information content (AvgIpc) is 3.22. The predicted octanol–water partition coefficient (Wildman–Crippen LogP) is 4.05. The monoisotopic (exact) mass is 528 g/mol. The Hall–Kier alpha value is -3.34. The number of esters is 1. The number of rotatable bonds is 8. The molecule has 1 saturated heterocycles. The van der Waals surface area contributed by atoms with Crippen molar-refractivity contribution in [1.82, 2.24) is 15.1 Å². The largest absolute Gasteiger partial charge is 0.462 e. The van der Waals surface area contributed by atoms with Gasteiger partial charge >= 0.3 is 5.97 Å². The quantitative estimate of drug-likeness (QED) is 0.429. The minimum absolute atomic E-state index is 0.170. The zero-order valence-electron chi connectivity index (χ0n) is 20.8. The molecule has 0 atom stereocenters. The van der Waals surface area contributed by atoms with Crippen LogP contribution in [0.2, 0.25) is 0 Å². The normalized spacial score (nSPS) is 14.6. The lowest BCUT2D eigenvalue weighted by atomic mass is 9.96. The molecule has 0 bridgehead atoms. The Balaban J connectivity index is 1.56. The van der Waals surface area contributed by atoms with E-state index in [1.165, 1.54) is 31.3 Å². The summed E-state index contributed by atoms with van der Waals surface area (Å²) < 4.78 is 32.4. The van der Waals surface area contributed by atoms with Crippen LogP contribution in [0.5, 0.6) is 0 Å². The molecule has 1 aliphatic rings. The first-order valence-electron chi connectivity index (χ1n) is 12.1. The van der Waals surface area contributed by atoms with Crippen LogP contribution in [0.4, 0.5) is 13.8 Å². The molecule has 0 saturated carbocycles. The molecule has 4 rings (SSSR count). The summed E-state index contributed by atoms with van der Waals surface area (Å²) in [5, 5.41) is 2.88. The molecular weight excluding hydrogens is 498 g/mol. The Labute approximate surface area is 218 Å². The van der Waals surface area contributed by atoms with Crippen molar-refractivity contribution in [2.45, 2.75) is 19.5 Å². The summed E-state index contributed by atoms with van der Waals surface area (Å²) >= 11 is 1.09. The number of nitrogens with two attached hydrogens (primary N) is 1. The van der Waals surface area contributed by atoms with Gasteiger partial charge in [0, 0.05) is 45.3 Å². The molecule has 3 aromatic rings. The minimum atomic E-state index is -0.535. The second kappa shape index (κ2) is 11.8. The van der Waals surface area contributed by atoms with Crippen LogP contribution in [0.25, 0.3) is 0 Å². The van der Waals surface area contributed by atoms with Crippen molar-refractivity contribution >= 4 is 28.2 Å². The van der Waals surface area contributed by atoms with Gasteiger partial charge in [0.25, 0.3) is 5.91 Å². The van der Waals surface area contributed by atoms with Crippen molar-refractivity contribution in [2.24, 2.45) is 0 Å². The van der Waals surface area contributed by atoms with Gasteiger partial charge in [0.05, 0.1) is 23.1 Å². The molecule has 1 fully saturated rings. The highest BCUT2D eigenvalue weighted by molar-refractivity contribution is 7.18. The third-order valence-corrected chi connectivity index (χ3v) is 7.53. The van der Waals surface area contributed by atoms with Crippen molar-refractivity contribution in [3.63, 3.8) is 0 Å². The first-order valence-corrected chi connectivity index (χ1v) is 12.9. The van der Waals surface area contributed by atoms with E-state index in [1.807, 2.05) is 0 Å². The average molecular weight is 529 g/mol. The number of amides is 1. The first kappa shape index (κ1) is 26.7. The Morgan fingerprint density at radius 1 is 1.00 bits per heavy atom. The van der Waals surface area contributed by atoms with E-state index in [1.54, 1.807) is 31.2 Å². The molecule has 1 aliphatic heterocycles. The van der Waals surface area contributed by atoms with E-state index in [0.29, 0.717) is 43.2 Å². The van der Waals surface area contributed by atoms with Crippen molar-refractivity contribution < 1.29 is 23.1 Å². The smallest absolute Gasteiger partial charge is 0.341 e. The van der Waals surface area contributed by atoms with Gasteiger partial charge in [-0.3, -0.25) is 14.6 Å². The van der Waals surface area contributed by atoms with Gasteiger partial charge in [0.15, 0.2) is 0 Å². The number of thiophene rings is 1. The summed E-state index contributed by atoms with van der Waals surface area (Å²) in [4.78, 5) is 30.0. The summed E-state index contributed by atoms with van der Waals surface area (Å²) in [7, 11) is 1.54. The van der Waals surface area contributed by atoms with Gasteiger partial charge in [-0.15, -0.1) is 11.3 Å². The lowest BCUT2D eigenvalue weighted by Gasteiger charge is -2.40. The van der Waals surface area contributed by atoms with Gasteiger partial charge in [-0.05, 0) is 42.3 Å². The van der Waals surface area contributed by atoms with Crippen molar-refractivity contribution in [3.05, 3.63) is 87.3 Å². The van der Waals surface area contributed by atoms with Crippen LogP contribution in [0.3, 0.4) is 0 Å². The highest BCUT2D eigenvalue weighted by Gasteiger charge is 2.31. The number of ether oxygens (including phenoxy) is 1. The maximum absolute atomic E-state index is 13.6. The molecule has 0 spiro atoms. The molecule has 7 nitrogen and oxygen atoms in total. The first-order chi connectivity index (χ1) is 17.8. The van der Waals surface area contributed by atoms with Crippen LogP contribution in [0.15, 0.2) is 48.5 Å². The van der Waals surface area contributed by atoms with Gasteiger partial charge in [-0.1, -0.05) is 24.3 Å². The number of hydrogen-bond donors (Lipinski definition) is 2. The molecule has 10 heteroatoms. The van der Waals surface area contributed by atoms with Crippen molar-refractivity contribution in [1.29, 1.82) is 0 Å². The number of carbonyl (C=O) groups excluding carboxylic acids is 2. The number of nitrogen functional groups attached to an aromatic ring is 1. The molecule has 2 aromatic carbocycles. The van der Waals surface area contributed by atoms with E-state index in [2.05, 4.69) is 15.1 Å². The van der Waals surface area contributed by atoms with E-state index in [-0.39, 0.29) is 40.8 Å². The third kappa shape index (κ3) is 5.98. The zero-order valence-corrected chi connectivity index (χ0v) is 21.6. The molecule has 0 unspecified atom stereocenters. The molecule has 1 aromatic heterocycles. The molecular formula is C27H30F2N4O3S. The van der Waals surface area contributed by atoms with E-state index in [9.17, 15) is 18.4 Å². The highest BCUT2D eigenvalue weighted by Crippen LogP contribution is 2.34. The number of carbonyl (C=O) groups is 2. The molecule has 0 aliphatic carbocycles. The standard InChI is InChI=1S/C27H30F2N4O3S/c1-3-36-27(35)22-21(24(26(34)31-2)37-25(22)30)16-32-12-14-33(15-13-32)23(17-4-8-19(28)9-5-17)18-6-10-20(29)11-7-18/h4-11,23H,3,12-16,30H2,1-2H3,(H,31,34). The van der Waals surface area contributed by atoms with Crippen LogP contribution < -0.4 is 11.1 Å². The minimum Gasteiger partial charge on any atom is -0.462 e. The predicted molar refractivity (Wildman–Crippen MR) is 140 cm³/mol. The second-order valence-electron chi connectivity index (χ2n) is 8.77. The SMILES string of the molecule is CCOC(=O)c1c(N)sc(C(=O)NC)c1CN1CCN(C(c2ccc(F)cc2)c2ccc(F)cc2)CC1. The number of hydrogen-bond acceptors (Lipinski definition) is 7. The summed E-state index contributed by atoms with van der Waals surface area (Å²) in [5.74, 6) is -1.46. The summed E-state index contributed by atoms with van der Waals surface area (Å²) in [6.07, 6.45) is 0. The topological polar surface area (TPSA) is 87.9 Å². The maximum atomic E-state index is 13.6. The fourth-order valence-electron chi connectivity index (χ4n) is 4.67. The fourth-order valence-corrected chi connectivity index (χ4v) is 5.68. The van der Waals surface area contributed by atoms with Crippen LogP contribution in [-0.4, -0.2) is 61.5 Å². The second-order valence-corrected chi connectivity index (χ2v) is 9.82. The lowest BCUT2D eigenvalue weighted by molar-refractivity contribution is 0.0524. The Morgan fingerprint density at radius 3 is 2.03 bits per heavy atom. The van der Waals surface area contributed by atoms with Gasteiger partial charge in [0.2, 0.25) is 0 Å². The Kier molecular flexibility index (Phi) is 8.52. The molecule has 0 radical (unpaired) electrons. The Morgan fingerprint density at radius 2 is 1.54 bits per heavy atom. The van der Waals surface area contributed by atoms with Crippen LogP contribution >= 0.6 is 11.3 Å². The number of halogens is 2. The van der Waals surface area contributed by atoms with Gasteiger partial charge in [0.1, 0.15) is 16.6 Å². The maximum Gasteiger partial charge on any atom is 0.341 e. The lowest BCUT2D eigenvalue weighted by Crippen LogP contribution is -2.47. The number of piperazine rings is 1. The summed E-state index contributed by atoms with van der Waals surface area (Å²) in [5.41, 5.74) is 8.80. The summed E-state index contributed by atoms with van der Waals surface area (Å²) in [6.45, 7) is 4.95. The zero-order chi connectivity index (χ0) is 26.5. The molecule has 2 heterocycles. The molecule has 196 valence electrons. The van der Waals surface area contributed by atoms with Gasteiger partial charge in [-0.25, -0.2) is 13.6 Å². The summed E-state index contributed by atoms with van der Waals surface area (Å²) in [6, 6.07) is 12.6. The van der Waals surface area contributed by atoms with E-state index in [0.717, 1.165) is 22.5 Å². The van der Waals surface area contributed by atoms with Crippen molar-refractivity contribution in [3.8, 4) is 0 Å². The fraction of sp³-hybridized carbons (Fsp3) is 0.333. The number of benzene rings is 2. The van der Waals surface area contributed by atoms with Crippen LogP contribution in [0, 0.1) is 11.6 Å². The van der Waals surface area contributed by atoms with E-state index < -0.39 is 5.97 Å². The number of anilines is 1. The highest BCUT2D eigenvalue weighted by atomic mass is 32.1. The molecule has 1 amide bonds. The van der Waals surface area contributed by atoms with Gasteiger partial charge in [-0.2, -0.15) is 0 Å². The molecule has 3 N–H and O–H groups in total. The Bertz CT molecular complexity index is 1190. The van der Waals surface area contributed by atoms with E-state index >= 15 is 0 Å². The van der Waals surface area contributed by atoms with Crippen molar-refractivity contribution in [2.75, 3.05) is 45.6 Å². The van der Waals surface area contributed by atoms with Crippen LogP contribution in [-0.2, 0) is 11.3 Å². The molecule has 37 heavy (non-hydrogen) atoms. The number of nitrogens with one attached hydrogen (secondary N) is 1. The van der Waals surface area contributed by atoms with E-state index in [4.69, 9.17) is 10.5 Å². The van der Waals surface area contributed by atoms with Crippen LogP contribution in [0.1, 0.15) is 49.7 Å².